The van der Waals surface area contributed by atoms with Gasteiger partial charge in [-0.3, -0.25) is 4.79 Å². The molecule has 0 radical (unpaired) electrons. The number of esters is 2. The Bertz CT molecular complexity index is 822. The molecule has 1 aliphatic carbocycles. The second-order valence-corrected chi connectivity index (χ2v) is 7.39. The van der Waals surface area contributed by atoms with Crippen LogP contribution >= 0.6 is 0 Å². The van der Waals surface area contributed by atoms with E-state index in [9.17, 15) is 9.59 Å². The van der Waals surface area contributed by atoms with Gasteiger partial charge < -0.3 is 14.2 Å². The fourth-order valence-corrected chi connectivity index (χ4v) is 3.57. The van der Waals surface area contributed by atoms with Crippen LogP contribution in [0.15, 0.2) is 48.5 Å². The Morgan fingerprint density at radius 3 is 2.34 bits per heavy atom. The molecule has 0 atom stereocenters. The molecule has 1 saturated carbocycles. The quantitative estimate of drug-likeness (QED) is 0.626. The van der Waals surface area contributed by atoms with Crippen LogP contribution in [0.25, 0.3) is 0 Å². The van der Waals surface area contributed by atoms with Crippen LogP contribution in [-0.2, 0) is 20.9 Å². The van der Waals surface area contributed by atoms with Gasteiger partial charge >= 0.3 is 11.9 Å². The predicted octanol–water partition coefficient (Wildman–Crippen LogP) is 4.85. The number of carbonyl (C=O) groups excluding carboxylic acids is 2. The van der Waals surface area contributed by atoms with Crippen molar-refractivity contribution in [2.24, 2.45) is 5.92 Å². The molecular weight excluding hydrogens is 368 g/mol. The van der Waals surface area contributed by atoms with Gasteiger partial charge in [-0.05, 0) is 68.9 Å². The lowest BCUT2D eigenvalue weighted by Crippen LogP contribution is -2.29. The fraction of sp³-hybridized carbons (Fsp3) is 0.417. The summed E-state index contributed by atoms with van der Waals surface area (Å²) in [5, 5.41) is 0. The largest absolute Gasteiger partial charge is 0.490 e. The van der Waals surface area contributed by atoms with Crippen LogP contribution in [0.2, 0.25) is 0 Å². The standard InChI is InChI=1S/C24H28O5/c1-3-27-23(25)19-9-12-21(13-10-19)29-22-14-11-20(15-17(22)2)24(26)28-16-18-7-5-4-6-8-18/h4-8,11,14-15,19,21H,3,9-10,12-13,16H2,1-2H3. The highest BCUT2D eigenvalue weighted by Gasteiger charge is 2.28. The third-order valence-corrected chi connectivity index (χ3v) is 5.21. The zero-order valence-corrected chi connectivity index (χ0v) is 17.1. The summed E-state index contributed by atoms with van der Waals surface area (Å²) in [6.07, 6.45) is 3.29. The van der Waals surface area contributed by atoms with Crippen molar-refractivity contribution in [3.63, 3.8) is 0 Å². The Morgan fingerprint density at radius 1 is 0.966 bits per heavy atom. The van der Waals surface area contributed by atoms with E-state index in [1.807, 2.05) is 50.2 Å². The maximum atomic E-state index is 12.3. The molecule has 3 rings (SSSR count). The van der Waals surface area contributed by atoms with Crippen LogP contribution in [0.4, 0.5) is 0 Å². The van der Waals surface area contributed by atoms with Crippen molar-refractivity contribution < 1.29 is 23.8 Å². The van der Waals surface area contributed by atoms with Gasteiger partial charge in [-0.25, -0.2) is 4.79 Å². The van der Waals surface area contributed by atoms with E-state index in [1.165, 1.54) is 0 Å². The van der Waals surface area contributed by atoms with Crippen LogP contribution in [-0.4, -0.2) is 24.6 Å². The summed E-state index contributed by atoms with van der Waals surface area (Å²) in [4.78, 5) is 24.2. The number of carbonyl (C=O) groups is 2. The van der Waals surface area contributed by atoms with E-state index in [4.69, 9.17) is 14.2 Å². The molecule has 1 fully saturated rings. The van der Waals surface area contributed by atoms with Gasteiger partial charge in [0.2, 0.25) is 0 Å². The number of rotatable bonds is 7. The summed E-state index contributed by atoms with van der Waals surface area (Å²) >= 11 is 0. The summed E-state index contributed by atoms with van der Waals surface area (Å²) in [6.45, 7) is 4.43. The Morgan fingerprint density at radius 2 is 1.69 bits per heavy atom. The number of hydrogen-bond donors (Lipinski definition) is 0. The van der Waals surface area contributed by atoms with E-state index in [1.54, 1.807) is 12.1 Å². The van der Waals surface area contributed by atoms with Gasteiger partial charge in [0.25, 0.3) is 0 Å². The molecule has 0 bridgehead atoms. The van der Waals surface area contributed by atoms with E-state index in [2.05, 4.69) is 0 Å². The van der Waals surface area contributed by atoms with E-state index in [0.717, 1.165) is 42.6 Å². The molecule has 5 nitrogen and oxygen atoms in total. The van der Waals surface area contributed by atoms with E-state index in [-0.39, 0.29) is 30.6 Å². The zero-order valence-electron chi connectivity index (χ0n) is 17.1. The van der Waals surface area contributed by atoms with Gasteiger partial charge in [0.15, 0.2) is 0 Å². The first-order valence-corrected chi connectivity index (χ1v) is 10.2. The molecule has 1 aliphatic rings. The van der Waals surface area contributed by atoms with Crippen LogP contribution in [0.5, 0.6) is 5.75 Å². The molecule has 154 valence electrons. The Labute approximate surface area is 172 Å². The molecule has 0 aliphatic heterocycles. The first kappa shape index (κ1) is 20.9. The molecule has 0 heterocycles. The predicted molar refractivity (Wildman–Crippen MR) is 110 cm³/mol. The lowest BCUT2D eigenvalue weighted by atomic mass is 9.87. The highest BCUT2D eigenvalue weighted by atomic mass is 16.5. The molecule has 0 aromatic heterocycles. The highest BCUT2D eigenvalue weighted by molar-refractivity contribution is 5.89. The fourth-order valence-electron chi connectivity index (χ4n) is 3.57. The van der Waals surface area contributed by atoms with E-state index in [0.29, 0.717) is 12.2 Å². The van der Waals surface area contributed by atoms with Crippen molar-refractivity contribution in [2.75, 3.05) is 6.61 Å². The summed E-state index contributed by atoms with van der Waals surface area (Å²) in [5.74, 6) is 0.306. The molecule has 0 N–H and O–H groups in total. The normalized spacial score (nSPS) is 18.7. The Balaban J connectivity index is 1.52. The Kier molecular flexibility index (Phi) is 7.28. The third kappa shape index (κ3) is 5.83. The zero-order chi connectivity index (χ0) is 20.6. The maximum absolute atomic E-state index is 12.3. The highest BCUT2D eigenvalue weighted by Crippen LogP contribution is 2.30. The average Bonchev–Trinajstić information content (AvgIpc) is 2.75. The first-order chi connectivity index (χ1) is 14.1. The maximum Gasteiger partial charge on any atom is 0.338 e. The van der Waals surface area contributed by atoms with Gasteiger partial charge in [-0.1, -0.05) is 30.3 Å². The van der Waals surface area contributed by atoms with Gasteiger partial charge in [0, 0.05) is 0 Å². The monoisotopic (exact) mass is 396 g/mol. The second kappa shape index (κ2) is 10.1. The van der Waals surface area contributed by atoms with Crippen molar-refractivity contribution in [1.29, 1.82) is 0 Å². The lowest BCUT2D eigenvalue weighted by Gasteiger charge is -2.28. The minimum atomic E-state index is -0.349. The number of ether oxygens (including phenoxy) is 3. The minimum absolute atomic E-state index is 0.0161. The summed E-state index contributed by atoms with van der Waals surface area (Å²) in [6, 6.07) is 15.0. The van der Waals surface area contributed by atoms with E-state index >= 15 is 0 Å². The van der Waals surface area contributed by atoms with Crippen molar-refractivity contribution in [3.05, 3.63) is 65.2 Å². The molecule has 29 heavy (non-hydrogen) atoms. The average molecular weight is 396 g/mol. The molecule has 0 unspecified atom stereocenters. The second-order valence-electron chi connectivity index (χ2n) is 7.39. The molecule has 0 amide bonds. The molecule has 2 aromatic carbocycles. The SMILES string of the molecule is CCOC(=O)C1CCC(Oc2ccc(C(=O)OCc3ccccc3)cc2C)CC1. The molecule has 2 aromatic rings. The van der Waals surface area contributed by atoms with Gasteiger partial charge in [-0.15, -0.1) is 0 Å². The summed E-state index contributed by atoms with van der Waals surface area (Å²) in [5.41, 5.74) is 2.36. The van der Waals surface area contributed by atoms with E-state index < -0.39 is 0 Å². The minimum Gasteiger partial charge on any atom is -0.490 e. The lowest BCUT2D eigenvalue weighted by molar-refractivity contribution is -0.149. The number of aryl methyl sites for hydroxylation is 1. The van der Waals surface area contributed by atoms with Gasteiger partial charge in [-0.2, -0.15) is 0 Å². The smallest absolute Gasteiger partial charge is 0.338 e. The topological polar surface area (TPSA) is 61.8 Å². The summed E-state index contributed by atoms with van der Waals surface area (Å²) in [7, 11) is 0. The van der Waals surface area contributed by atoms with Crippen LogP contribution < -0.4 is 4.74 Å². The molecule has 5 heteroatoms. The number of hydrogen-bond acceptors (Lipinski definition) is 5. The van der Waals surface area contributed by atoms with Crippen molar-refractivity contribution in [1.82, 2.24) is 0 Å². The van der Waals surface area contributed by atoms with Crippen LogP contribution in [0.3, 0.4) is 0 Å². The van der Waals surface area contributed by atoms with Crippen molar-refractivity contribution in [3.8, 4) is 5.75 Å². The first-order valence-electron chi connectivity index (χ1n) is 10.2. The van der Waals surface area contributed by atoms with Gasteiger partial charge in [0.05, 0.1) is 24.2 Å². The molecule has 0 saturated heterocycles. The van der Waals surface area contributed by atoms with Gasteiger partial charge in [0.1, 0.15) is 12.4 Å². The summed E-state index contributed by atoms with van der Waals surface area (Å²) < 4.78 is 16.6. The molecular formula is C24H28O5. The van der Waals surface area contributed by atoms with Crippen LogP contribution in [0, 0.1) is 12.8 Å². The third-order valence-electron chi connectivity index (χ3n) is 5.21. The number of benzene rings is 2. The van der Waals surface area contributed by atoms with Crippen molar-refractivity contribution in [2.45, 2.75) is 52.2 Å². The molecule has 0 spiro atoms. The van der Waals surface area contributed by atoms with Crippen LogP contribution in [0.1, 0.15) is 54.1 Å². The van der Waals surface area contributed by atoms with Crippen molar-refractivity contribution >= 4 is 11.9 Å². The Hall–Kier alpha value is -2.82.